The summed E-state index contributed by atoms with van der Waals surface area (Å²) in [6.07, 6.45) is 3.49. The molecule has 0 radical (unpaired) electrons. The Labute approximate surface area is 210 Å². The van der Waals surface area contributed by atoms with Gasteiger partial charge in [-0.25, -0.2) is 4.98 Å². The van der Waals surface area contributed by atoms with Crippen molar-refractivity contribution in [1.82, 2.24) is 19.7 Å². The van der Waals surface area contributed by atoms with Crippen molar-refractivity contribution in [1.29, 1.82) is 5.26 Å². The summed E-state index contributed by atoms with van der Waals surface area (Å²) in [5.74, 6) is 1.42. The van der Waals surface area contributed by atoms with Crippen LogP contribution in [0, 0.1) is 11.3 Å². The number of anilines is 1. The molecule has 5 rings (SSSR count). The molecule has 36 heavy (non-hydrogen) atoms. The van der Waals surface area contributed by atoms with E-state index in [1.54, 1.807) is 25.4 Å². The molecule has 1 fully saturated rings. The number of aromatic nitrogens is 3. The summed E-state index contributed by atoms with van der Waals surface area (Å²) in [7, 11) is 1.62. The molecular weight excluding hydrogens is 452 g/mol. The Morgan fingerprint density at radius 3 is 2.58 bits per heavy atom. The molecule has 0 atom stereocenters. The first-order chi connectivity index (χ1) is 17.6. The number of rotatable bonds is 6. The maximum atomic E-state index is 13.7. The van der Waals surface area contributed by atoms with Gasteiger partial charge in [-0.1, -0.05) is 42.5 Å². The predicted molar refractivity (Wildman–Crippen MR) is 137 cm³/mol. The minimum absolute atomic E-state index is 0.0504. The van der Waals surface area contributed by atoms with E-state index in [0.29, 0.717) is 55.3 Å². The lowest BCUT2D eigenvalue weighted by atomic mass is 10.1. The third kappa shape index (κ3) is 4.91. The largest absolute Gasteiger partial charge is 0.497 e. The molecule has 1 aliphatic heterocycles. The maximum absolute atomic E-state index is 13.7. The predicted octanol–water partition coefficient (Wildman–Crippen LogP) is 3.84. The molecule has 8 heteroatoms. The average molecular weight is 479 g/mol. The number of hydrogen-bond donors (Lipinski definition) is 0. The van der Waals surface area contributed by atoms with Gasteiger partial charge in [0.1, 0.15) is 17.3 Å². The second-order valence-corrected chi connectivity index (χ2v) is 8.60. The van der Waals surface area contributed by atoms with E-state index in [4.69, 9.17) is 9.84 Å². The second kappa shape index (κ2) is 10.3. The van der Waals surface area contributed by atoms with E-state index < -0.39 is 0 Å². The van der Waals surface area contributed by atoms with E-state index in [1.165, 1.54) is 0 Å². The lowest BCUT2D eigenvalue weighted by Gasteiger charge is -2.35. The zero-order valence-corrected chi connectivity index (χ0v) is 20.0. The topological polar surface area (TPSA) is 87.3 Å². The lowest BCUT2D eigenvalue weighted by molar-refractivity contribution is 0.0747. The SMILES string of the molecule is COc1cccc(-c2nn(Cc3ccccc3)cc2C(=O)N2CCN(c3cc(C#N)ccn3)CC2)c1. The zero-order chi connectivity index (χ0) is 24.9. The molecule has 1 amide bonds. The highest BCUT2D eigenvalue weighted by Crippen LogP contribution is 2.28. The van der Waals surface area contributed by atoms with Crippen LogP contribution in [0.4, 0.5) is 5.82 Å². The van der Waals surface area contributed by atoms with Crippen LogP contribution in [0.1, 0.15) is 21.5 Å². The van der Waals surface area contributed by atoms with Gasteiger partial charge in [-0.3, -0.25) is 9.48 Å². The number of amides is 1. The van der Waals surface area contributed by atoms with E-state index in [9.17, 15) is 10.1 Å². The molecule has 0 aliphatic carbocycles. The summed E-state index contributed by atoms with van der Waals surface area (Å²) >= 11 is 0. The van der Waals surface area contributed by atoms with Crippen LogP contribution in [-0.4, -0.2) is 58.9 Å². The maximum Gasteiger partial charge on any atom is 0.257 e. The van der Waals surface area contributed by atoms with Crippen molar-refractivity contribution in [2.24, 2.45) is 0 Å². The van der Waals surface area contributed by atoms with Crippen LogP contribution in [0.3, 0.4) is 0 Å². The van der Waals surface area contributed by atoms with Crippen molar-refractivity contribution >= 4 is 11.7 Å². The Bertz CT molecular complexity index is 1400. The number of piperazine rings is 1. The fraction of sp³-hybridized carbons (Fsp3) is 0.214. The van der Waals surface area contributed by atoms with E-state index in [1.807, 2.05) is 70.4 Å². The highest BCUT2D eigenvalue weighted by molar-refractivity contribution is 6.00. The molecule has 0 spiro atoms. The van der Waals surface area contributed by atoms with Crippen LogP contribution >= 0.6 is 0 Å². The Kier molecular flexibility index (Phi) is 6.63. The van der Waals surface area contributed by atoms with Gasteiger partial charge in [0.25, 0.3) is 5.91 Å². The van der Waals surface area contributed by atoms with Crippen molar-refractivity contribution in [3.05, 3.63) is 95.8 Å². The van der Waals surface area contributed by atoms with Crippen molar-refractivity contribution < 1.29 is 9.53 Å². The van der Waals surface area contributed by atoms with E-state index in [2.05, 4.69) is 16.0 Å². The summed E-state index contributed by atoms with van der Waals surface area (Å²) in [5.41, 5.74) is 3.72. The number of hydrogen-bond acceptors (Lipinski definition) is 6. The van der Waals surface area contributed by atoms with Gasteiger partial charge in [-0.05, 0) is 29.8 Å². The minimum atomic E-state index is -0.0504. The molecule has 180 valence electrons. The summed E-state index contributed by atoms with van der Waals surface area (Å²) in [5, 5.41) is 14.0. The Morgan fingerprint density at radius 1 is 1.03 bits per heavy atom. The van der Waals surface area contributed by atoms with Crippen molar-refractivity contribution in [3.8, 4) is 23.1 Å². The Hall–Kier alpha value is -4.64. The van der Waals surface area contributed by atoms with Crippen LogP contribution in [0.15, 0.2) is 79.1 Å². The lowest BCUT2D eigenvalue weighted by Crippen LogP contribution is -2.49. The minimum Gasteiger partial charge on any atom is -0.497 e. The highest BCUT2D eigenvalue weighted by atomic mass is 16.5. The fourth-order valence-corrected chi connectivity index (χ4v) is 4.38. The third-order valence-electron chi connectivity index (χ3n) is 6.29. The zero-order valence-electron chi connectivity index (χ0n) is 20.0. The molecule has 8 nitrogen and oxygen atoms in total. The van der Waals surface area contributed by atoms with Gasteiger partial charge in [0.2, 0.25) is 0 Å². The van der Waals surface area contributed by atoms with Gasteiger partial charge in [0.15, 0.2) is 0 Å². The number of methoxy groups -OCH3 is 1. The van der Waals surface area contributed by atoms with Gasteiger partial charge in [-0.15, -0.1) is 0 Å². The number of nitrogens with zero attached hydrogens (tertiary/aromatic N) is 6. The van der Waals surface area contributed by atoms with Crippen molar-refractivity contribution in [2.75, 3.05) is 38.2 Å². The second-order valence-electron chi connectivity index (χ2n) is 8.60. The fourth-order valence-electron chi connectivity index (χ4n) is 4.38. The number of ether oxygens (including phenoxy) is 1. The first kappa shape index (κ1) is 23.1. The van der Waals surface area contributed by atoms with Gasteiger partial charge in [0.05, 0.1) is 30.9 Å². The molecule has 3 heterocycles. The van der Waals surface area contributed by atoms with Crippen molar-refractivity contribution in [3.63, 3.8) is 0 Å². The number of benzene rings is 2. The summed E-state index contributed by atoms with van der Waals surface area (Å²) in [6, 6.07) is 23.3. The van der Waals surface area contributed by atoms with E-state index in [-0.39, 0.29) is 5.91 Å². The van der Waals surface area contributed by atoms with E-state index in [0.717, 1.165) is 16.9 Å². The number of carbonyl (C=O) groups excluding carboxylic acids is 1. The van der Waals surface area contributed by atoms with Gasteiger partial charge in [-0.2, -0.15) is 10.4 Å². The molecule has 0 unspecified atom stereocenters. The summed E-state index contributed by atoms with van der Waals surface area (Å²) < 4.78 is 7.23. The van der Waals surface area contributed by atoms with Crippen LogP contribution in [0.5, 0.6) is 5.75 Å². The van der Waals surface area contributed by atoms with Crippen LogP contribution in [0.25, 0.3) is 11.3 Å². The monoisotopic (exact) mass is 478 g/mol. The Balaban J connectivity index is 1.40. The quantitative estimate of drug-likeness (QED) is 0.419. The van der Waals surface area contributed by atoms with Crippen molar-refractivity contribution in [2.45, 2.75) is 6.54 Å². The first-order valence-electron chi connectivity index (χ1n) is 11.8. The normalized spacial score (nSPS) is 13.3. The van der Waals surface area contributed by atoms with Gasteiger partial charge in [0, 0.05) is 44.1 Å². The summed E-state index contributed by atoms with van der Waals surface area (Å²) in [6.45, 7) is 2.96. The molecule has 1 saturated heterocycles. The molecule has 0 saturated carbocycles. The number of carbonyl (C=O) groups is 1. The summed E-state index contributed by atoms with van der Waals surface area (Å²) in [4.78, 5) is 22.1. The van der Waals surface area contributed by atoms with Gasteiger partial charge >= 0.3 is 0 Å². The van der Waals surface area contributed by atoms with Crippen LogP contribution < -0.4 is 9.64 Å². The number of pyridine rings is 1. The molecular formula is C28H26N6O2. The van der Waals surface area contributed by atoms with Crippen LogP contribution in [0.2, 0.25) is 0 Å². The first-order valence-corrected chi connectivity index (χ1v) is 11.8. The Morgan fingerprint density at radius 2 is 1.83 bits per heavy atom. The number of nitriles is 1. The smallest absolute Gasteiger partial charge is 0.257 e. The van der Waals surface area contributed by atoms with E-state index >= 15 is 0 Å². The molecule has 0 bridgehead atoms. The highest BCUT2D eigenvalue weighted by Gasteiger charge is 2.27. The molecule has 2 aromatic carbocycles. The molecule has 0 N–H and O–H groups in total. The van der Waals surface area contributed by atoms with Crippen LogP contribution in [-0.2, 0) is 6.54 Å². The standard InChI is InChI=1S/C28H26N6O2/c1-36-24-9-5-8-23(17-24)27-25(20-34(31-27)19-21-6-3-2-4-7-21)28(35)33-14-12-32(13-15-33)26-16-22(18-29)10-11-30-26/h2-11,16-17,20H,12-15,19H2,1H3. The molecule has 2 aromatic heterocycles. The molecule has 1 aliphatic rings. The third-order valence-corrected chi connectivity index (χ3v) is 6.29. The molecule has 4 aromatic rings. The van der Waals surface area contributed by atoms with Gasteiger partial charge < -0.3 is 14.5 Å². The average Bonchev–Trinajstić information content (AvgIpc) is 3.37.